The van der Waals surface area contributed by atoms with E-state index in [1.54, 1.807) is 0 Å². The van der Waals surface area contributed by atoms with E-state index in [4.69, 9.17) is 4.52 Å². The number of aromatic nitrogens is 2. The van der Waals surface area contributed by atoms with E-state index in [0.29, 0.717) is 6.04 Å². The molecule has 4 heteroatoms. The van der Waals surface area contributed by atoms with Gasteiger partial charge in [-0.25, -0.2) is 0 Å². The van der Waals surface area contributed by atoms with Crippen LogP contribution in [0.15, 0.2) is 4.52 Å². The van der Waals surface area contributed by atoms with Gasteiger partial charge in [-0.15, -0.1) is 0 Å². The highest BCUT2D eigenvalue weighted by atomic mass is 16.5. The second-order valence-corrected chi connectivity index (χ2v) is 5.68. The van der Waals surface area contributed by atoms with Crippen LogP contribution in [0.25, 0.3) is 0 Å². The standard InChI is InChI=1S/C14H25N3O/c1-4-5-13-15-14(18-16-13)10-17(3)12-8-6-11(2)7-9-12/h11-12H,4-10H2,1-3H3. The fourth-order valence-electron chi connectivity index (χ4n) is 2.71. The first-order chi connectivity index (χ1) is 8.69. The summed E-state index contributed by atoms with van der Waals surface area (Å²) >= 11 is 0. The average Bonchev–Trinajstić information content (AvgIpc) is 2.78. The lowest BCUT2D eigenvalue weighted by atomic mass is 9.87. The van der Waals surface area contributed by atoms with Crippen molar-refractivity contribution in [2.24, 2.45) is 5.92 Å². The molecule has 4 nitrogen and oxygen atoms in total. The molecule has 0 N–H and O–H groups in total. The third-order valence-corrected chi connectivity index (χ3v) is 3.98. The zero-order chi connectivity index (χ0) is 13.0. The monoisotopic (exact) mass is 251 g/mol. The first-order valence-corrected chi connectivity index (χ1v) is 7.20. The minimum Gasteiger partial charge on any atom is -0.338 e. The highest BCUT2D eigenvalue weighted by Crippen LogP contribution is 2.27. The van der Waals surface area contributed by atoms with Crippen molar-refractivity contribution in [3.63, 3.8) is 0 Å². The predicted octanol–water partition coefficient (Wildman–Crippen LogP) is 3.03. The molecular formula is C14H25N3O. The van der Waals surface area contributed by atoms with Crippen molar-refractivity contribution in [2.45, 2.75) is 65.0 Å². The van der Waals surface area contributed by atoms with Gasteiger partial charge in [-0.05, 0) is 45.1 Å². The van der Waals surface area contributed by atoms with Gasteiger partial charge in [-0.1, -0.05) is 19.0 Å². The Hall–Kier alpha value is -0.900. The summed E-state index contributed by atoms with van der Waals surface area (Å²) in [7, 11) is 2.17. The number of hydrogen-bond acceptors (Lipinski definition) is 4. The summed E-state index contributed by atoms with van der Waals surface area (Å²) in [6.07, 6.45) is 7.27. The quantitative estimate of drug-likeness (QED) is 0.806. The molecule has 1 fully saturated rings. The molecule has 1 aromatic heterocycles. The molecule has 1 aliphatic rings. The van der Waals surface area contributed by atoms with Crippen LogP contribution in [0.2, 0.25) is 0 Å². The maximum absolute atomic E-state index is 5.30. The second kappa shape index (κ2) is 6.32. The highest BCUT2D eigenvalue weighted by Gasteiger charge is 2.22. The molecule has 0 radical (unpaired) electrons. The smallest absolute Gasteiger partial charge is 0.240 e. The minimum absolute atomic E-state index is 0.683. The number of nitrogens with zero attached hydrogens (tertiary/aromatic N) is 3. The van der Waals surface area contributed by atoms with E-state index < -0.39 is 0 Å². The molecule has 0 aliphatic heterocycles. The lowest BCUT2D eigenvalue weighted by molar-refractivity contribution is 0.148. The summed E-state index contributed by atoms with van der Waals surface area (Å²) in [5.41, 5.74) is 0. The fraction of sp³-hybridized carbons (Fsp3) is 0.857. The maximum Gasteiger partial charge on any atom is 0.240 e. The van der Waals surface area contributed by atoms with Crippen LogP contribution in [0.1, 0.15) is 57.7 Å². The third kappa shape index (κ3) is 3.55. The summed E-state index contributed by atoms with van der Waals surface area (Å²) in [6, 6.07) is 0.683. The molecule has 102 valence electrons. The Balaban J connectivity index is 1.84. The molecule has 1 heterocycles. The molecule has 0 bridgehead atoms. The van der Waals surface area contributed by atoms with Crippen molar-refractivity contribution >= 4 is 0 Å². The number of hydrogen-bond donors (Lipinski definition) is 0. The van der Waals surface area contributed by atoms with Gasteiger partial charge < -0.3 is 4.52 Å². The van der Waals surface area contributed by atoms with Crippen LogP contribution in [0, 0.1) is 5.92 Å². The van der Waals surface area contributed by atoms with Crippen molar-refractivity contribution < 1.29 is 4.52 Å². The SMILES string of the molecule is CCCc1noc(CN(C)C2CCC(C)CC2)n1. The Morgan fingerprint density at radius 1 is 1.28 bits per heavy atom. The predicted molar refractivity (Wildman–Crippen MR) is 71.2 cm³/mol. The molecule has 0 amide bonds. The molecule has 0 saturated heterocycles. The number of aryl methyl sites for hydroxylation is 1. The lowest BCUT2D eigenvalue weighted by Gasteiger charge is -2.32. The maximum atomic E-state index is 5.30. The minimum atomic E-state index is 0.683. The normalized spacial score (nSPS) is 24.7. The molecule has 0 spiro atoms. The van der Waals surface area contributed by atoms with Gasteiger partial charge in [-0.3, -0.25) is 4.90 Å². The summed E-state index contributed by atoms with van der Waals surface area (Å²) in [5, 5.41) is 4.00. The fourth-order valence-corrected chi connectivity index (χ4v) is 2.71. The van der Waals surface area contributed by atoms with Crippen molar-refractivity contribution in [3.8, 4) is 0 Å². The molecular weight excluding hydrogens is 226 g/mol. The Bertz CT molecular complexity index is 356. The molecule has 0 unspecified atom stereocenters. The van der Waals surface area contributed by atoms with E-state index in [-0.39, 0.29) is 0 Å². The van der Waals surface area contributed by atoms with Crippen molar-refractivity contribution in [1.82, 2.24) is 15.0 Å². The Morgan fingerprint density at radius 2 is 2.00 bits per heavy atom. The van der Waals surface area contributed by atoms with Crippen LogP contribution in [-0.2, 0) is 13.0 Å². The van der Waals surface area contributed by atoms with Gasteiger partial charge in [0.1, 0.15) is 0 Å². The van der Waals surface area contributed by atoms with Crippen molar-refractivity contribution in [1.29, 1.82) is 0 Å². The molecule has 0 atom stereocenters. The molecule has 0 aromatic carbocycles. The van der Waals surface area contributed by atoms with Crippen LogP contribution in [0.4, 0.5) is 0 Å². The first kappa shape index (κ1) is 13.5. The second-order valence-electron chi connectivity index (χ2n) is 5.68. The van der Waals surface area contributed by atoms with E-state index in [9.17, 15) is 0 Å². The van der Waals surface area contributed by atoms with Crippen LogP contribution >= 0.6 is 0 Å². The van der Waals surface area contributed by atoms with E-state index in [1.807, 2.05) is 0 Å². The van der Waals surface area contributed by atoms with Gasteiger partial charge in [-0.2, -0.15) is 4.98 Å². The largest absolute Gasteiger partial charge is 0.338 e. The van der Waals surface area contributed by atoms with Crippen molar-refractivity contribution in [3.05, 3.63) is 11.7 Å². The first-order valence-electron chi connectivity index (χ1n) is 7.20. The summed E-state index contributed by atoms with van der Waals surface area (Å²) < 4.78 is 5.30. The zero-order valence-electron chi connectivity index (χ0n) is 11.9. The molecule has 1 saturated carbocycles. The summed E-state index contributed by atoms with van der Waals surface area (Å²) in [6.45, 7) is 5.27. The summed E-state index contributed by atoms with van der Waals surface area (Å²) in [5.74, 6) is 2.51. The molecule has 1 aromatic rings. The van der Waals surface area contributed by atoms with Crippen LogP contribution in [0.5, 0.6) is 0 Å². The van der Waals surface area contributed by atoms with Gasteiger partial charge in [0.05, 0.1) is 6.54 Å². The Labute approximate surface area is 110 Å². The van der Waals surface area contributed by atoms with Gasteiger partial charge in [0.25, 0.3) is 0 Å². The van der Waals surface area contributed by atoms with E-state index >= 15 is 0 Å². The van der Waals surface area contributed by atoms with Crippen LogP contribution in [0.3, 0.4) is 0 Å². The van der Waals surface area contributed by atoms with E-state index in [1.165, 1.54) is 25.7 Å². The number of rotatable bonds is 5. The van der Waals surface area contributed by atoms with Gasteiger partial charge in [0, 0.05) is 12.5 Å². The highest BCUT2D eigenvalue weighted by molar-refractivity contribution is 4.87. The Morgan fingerprint density at radius 3 is 2.67 bits per heavy atom. The van der Waals surface area contributed by atoms with E-state index in [2.05, 4.69) is 35.9 Å². The van der Waals surface area contributed by atoms with E-state index in [0.717, 1.165) is 37.0 Å². The molecule has 2 rings (SSSR count). The van der Waals surface area contributed by atoms with Crippen molar-refractivity contribution in [2.75, 3.05) is 7.05 Å². The zero-order valence-corrected chi connectivity index (χ0v) is 11.9. The van der Waals surface area contributed by atoms with Crippen LogP contribution < -0.4 is 0 Å². The summed E-state index contributed by atoms with van der Waals surface area (Å²) in [4.78, 5) is 6.80. The lowest BCUT2D eigenvalue weighted by Crippen LogP contribution is -2.34. The Kier molecular flexibility index (Phi) is 4.75. The molecule has 1 aliphatic carbocycles. The van der Waals surface area contributed by atoms with Crippen LogP contribution in [-0.4, -0.2) is 28.1 Å². The third-order valence-electron chi connectivity index (χ3n) is 3.98. The van der Waals surface area contributed by atoms with Gasteiger partial charge in [0.15, 0.2) is 5.82 Å². The molecule has 18 heavy (non-hydrogen) atoms. The van der Waals surface area contributed by atoms with Gasteiger partial charge in [0.2, 0.25) is 5.89 Å². The topological polar surface area (TPSA) is 42.2 Å². The average molecular weight is 251 g/mol. The van der Waals surface area contributed by atoms with Gasteiger partial charge >= 0.3 is 0 Å².